The highest BCUT2D eigenvalue weighted by Gasteiger charge is 2.49. The maximum Gasteiger partial charge on any atom is 0.325 e. The minimum absolute atomic E-state index is 0.0260. The summed E-state index contributed by atoms with van der Waals surface area (Å²) < 4.78 is 6.34. The fraction of sp³-hybridized carbons (Fsp3) is 0.310. The maximum absolute atomic E-state index is 13.2. The summed E-state index contributed by atoms with van der Waals surface area (Å²) in [7, 11) is 0. The predicted molar refractivity (Wildman–Crippen MR) is 138 cm³/mol. The van der Waals surface area contributed by atoms with Gasteiger partial charge in [0.2, 0.25) is 0 Å². The Kier molecular flexibility index (Phi) is 5.64. The van der Waals surface area contributed by atoms with Crippen LogP contribution in [0.2, 0.25) is 0 Å². The molecule has 0 aromatic heterocycles. The molecular formula is C29H30N4O3. The molecule has 7 nitrogen and oxygen atoms in total. The van der Waals surface area contributed by atoms with Crippen molar-refractivity contribution in [1.82, 2.24) is 15.1 Å². The largest absolute Gasteiger partial charge is 0.467 e. The summed E-state index contributed by atoms with van der Waals surface area (Å²) in [5.41, 5.74) is 2.83. The van der Waals surface area contributed by atoms with Gasteiger partial charge in [0, 0.05) is 56.0 Å². The number of anilines is 1. The second-order valence-corrected chi connectivity index (χ2v) is 9.96. The van der Waals surface area contributed by atoms with E-state index in [0.717, 1.165) is 30.9 Å². The van der Waals surface area contributed by atoms with Crippen molar-refractivity contribution in [2.45, 2.75) is 31.7 Å². The van der Waals surface area contributed by atoms with Gasteiger partial charge in [0.1, 0.15) is 5.75 Å². The molecule has 3 aliphatic rings. The lowest BCUT2D eigenvalue weighted by Crippen LogP contribution is -2.65. The van der Waals surface area contributed by atoms with Crippen molar-refractivity contribution in [3.05, 3.63) is 95.6 Å². The number of nitrogens with zero attached hydrogens (tertiary/aromatic N) is 3. The number of benzene rings is 3. The molecule has 3 aromatic rings. The zero-order valence-electron chi connectivity index (χ0n) is 20.4. The molecule has 2 atom stereocenters. The fourth-order valence-corrected chi connectivity index (χ4v) is 5.60. The number of fused-ring (bicyclic) bond motifs is 4. The molecule has 184 valence electrons. The van der Waals surface area contributed by atoms with Gasteiger partial charge in [-0.15, -0.1) is 0 Å². The van der Waals surface area contributed by atoms with Crippen LogP contribution < -0.4 is 15.0 Å². The summed E-state index contributed by atoms with van der Waals surface area (Å²) in [6, 6.07) is 25.3. The van der Waals surface area contributed by atoms with Gasteiger partial charge in [0.25, 0.3) is 5.91 Å². The molecule has 3 aliphatic heterocycles. The molecule has 3 heterocycles. The quantitative estimate of drug-likeness (QED) is 0.598. The second kappa shape index (κ2) is 8.99. The second-order valence-electron chi connectivity index (χ2n) is 9.96. The normalized spacial score (nSPS) is 23.5. The van der Waals surface area contributed by atoms with Crippen LogP contribution in [0.25, 0.3) is 0 Å². The summed E-state index contributed by atoms with van der Waals surface area (Å²) in [6.45, 7) is 5.96. The standard InChI is InChI=1S/C29H30N4O3/c1-29-19-25(24-9-5-6-10-26(24)36-29)30-28(35)33(29)23-13-11-22(12-14-23)27(34)32-17-15-31(16-18-32)20-21-7-3-2-4-8-21/h2-14,25H,15-20H2,1H3,(H,30,35)/t25-,29-/m1/s1. The van der Waals surface area contributed by atoms with Crippen LogP contribution in [0, 0.1) is 0 Å². The van der Waals surface area contributed by atoms with Gasteiger partial charge in [0.05, 0.1) is 6.04 Å². The van der Waals surface area contributed by atoms with E-state index < -0.39 is 5.72 Å². The summed E-state index contributed by atoms with van der Waals surface area (Å²) in [5.74, 6) is 0.817. The molecule has 0 saturated carbocycles. The first-order valence-corrected chi connectivity index (χ1v) is 12.5. The van der Waals surface area contributed by atoms with Gasteiger partial charge in [-0.1, -0.05) is 48.5 Å². The first kappa shape index (κ1) is 22.6. The number of para-hydroxylation sites is 1. The first-order chi connectivity index (χ1) is 17.5. The van der Waals surface area contributed by atoms with E-state index in [2.05, 4.69) is 34.5 Å². The SMILES string of the molecule is C[C@@]12C[C@@H](NC(=O)N1c1ccc(C(=O)N3CCN(Cc4ccccc4)CC3)cc1)c1ccccc1O2. The minimum atomic E-state index is -0.804. The number of carbonyl (C=O) groups excluding carboxylic acids is 2. The van der Waals surface area contributed by atoms with E-state index >= 15 is 0 Å². The molecule has 0 spiro atoms. The zero-order chi connectivity index (χ0) is 24.7. The lowest BCUT2D eigenvalue weighted by Gasteiger charge is -2.50. The molecule has 0 unspecified atom stereocenters. The Morgan fingerprint density at radius 1 is 0.944 bits per heavy atom. The zero-order valence-corrected chi connectivity index (χ0v) is 20.4. The highest BCUT2D eigenvalue weighted by Crippen LogP contribution is 2.45. The van der Waals surface area contributed by atoms with E-state index in [0.29, 0.717) is 30.8 Å². The van der Waals surface area contributed by atoms with Crippen molar-refractivity contribution in [3.8, 4) is 5.75 Å². The van der Waals surface area contributed by atoms with Crippen LogP contribution in [0.4, 0.5) is 10.5 Å². The van der Waals surface area contributed by atoms with Crippen molar-refractivity contribution in [2.75, 3.05) is 31.1 Å². The highest BCUT2D eigenvalue weighted by molar-refractivity contribution is 5.97. The molecule has 36 heavy (non-hydrogen) atoms. The third-order valence-corrected chi connectivity index (χ3v) is 7.46. The molecule has 0 radical (unpaired) electrons. The molecule has 2 saturated heterocycles. The average molecular weight is 483 g/mol. The van der Waals surface area contributed by atoms with Crippen molar-refractivity contribution in [1.29, 1.82) is 0 Å². The monoisotopic (exact) mass is 482 g/mol. The Labute approximate surface area is 211 Å². The number of urea groups is 1. The van der Waals surface area contributed by atoms with Crippen molar-refractivity contribution in [2.24, 2.45) is 0 Å². The van der Waals surface area contributed by atoms with Gasteiger partial charge < -0.3 is 15.0 Å². The molecular weight excluding hydrogens is 452 g/mol. The van der Waals surface area contributed by atoms with Crippen molar-refractivity contribution in [3.63, 3.8) is 0 Å². The van der Waals surface area contributed by atoms with Gasteiger partial charge in [-0.2, -0.15) is 0 Å². The molecule has 2 fully saturated rings. The van der Waals surface area contributed by atoms with Crippen LogP contribution in [0.1, 0.15) is 40.9 Å². The summed E-state index contributed by atoms with van der Waals surface area (Å²) >= 11 is 0. The van der Waals surface area contributed by atoms with Gasteiger partial charge in [-0.25, -0.2) is 4.79 Å². The van der Waals surface area contributed by atoms with Gasteiger partial charge in [0.15, 0.2) is 5.72 Å². The lowest BCUT2D eigenvalue weighted by atomic mass is 9.90. The number of hydrogen-bond donors (Lipinski definition) is 1. The van der Waals surface area contributed by atoms with Crippen LogP contribution in [-0.2, 0) is 6.54 Å². The molecule has 7 heteroatoms. The molecule has 3 aromatic carbocycles. The van der Waals surface area contributed by atoms with Crippen LogP contribution in [0.3, 0.4) is 0 Å². The summed E-state index contributed by atoms with van der Waals surface area (Å²) in [4.78, 5) is 32.2. The third kappa shape index (κ3) is 4.09. The minimum Gasteiger partial charge on any atom is -0.467 e. The number of hydrogen-bond acceptors (Lipinski definition) is 4. The van der Waals surface area contributed by atoms with E-state index in [1.54, 1.807) is 4.90 Å². The average Bonchev–Trinajstić information content (AvgIpc) is 2.89. The topological polar surface area (TPSA) is 65.1 Å². The fourth-order valence-electron chi connectivity index (χ4n) is 5.60. The van der Waals surface area contributed by atoms with Crippen LogP contribution in [-0.4, -0.2) is 53.6 Å². The number of nitrogens with one attached hydrogen (secondary N) is 1. The Bertz CT molecular complexity index is 1270. The lowest BCUT2D eigenvalue weighted by molar-refractivity contribution is 0.0379. The van der Waals surface area contributed by atoms with Crippen molar-refractivity contribution < 1.29 is 14.3 Å². The first-order valence-electron chi connectivity index (χ1n) is 12.5. The van der Waals surface area contributed by atoms with Gasteiger partial charge in [-0.3, -0.25) is 14.6 Å². The van der Waals surface area contributed by atoms with Gasteiger partial charge in [-0.05, 0) is 42.8 Å². The maximum atomic E-state index is 13.2. The van der Waals surface area contributed by atoms with Crippen LogP contribution >= 0.6 is 0 Å². The Balaban J connectivity index is 1.13. The number of rotatable bonds is 4. The summed E-state index contributed by atoms with van der Waals surface area (Å²) in [5, 5.41) is 3.12. The Hall–Kier alpha value is -3.84. The molecule has 2 bridgehead atoms. The van der Waals surface area contributed by atoms with E-state index in [9.17, 15) is 9.59 Å². The third-order valence-electron chi connectivity index (χ3n) is 7.46. The van der Waals surface area contributed by atoms with Crippen molar-refractivity contribution >= 4 is 17.6 Å². The Morgan fingerprint density at radius 2 is 1.64 bits per heavy atom. The van der Waals surface area contributed by atoms with Crippen LogP contribution in [0.15, 0.2) is 78.9 Å². The predicted octanol–water partition coefficient (Wildman–Crippen LogP) is 4.41. The van der Waals surface area contributed by atoms with E-state index in [1.165, 1.54) is 5.56 Å². The van der Waals surface area contributed by atoms with E-state index in [1.807, 2.05) is 66.4 Å². The number of amides is 3. The molecule has 3 amide bonds. The number of ether oxygens (including phenoxy) is 1. The molecule has 6 rings (SSSR count). The Morgan fingerprint density at radius 3 is 2.39 bits per heavy atom. The number of piperazine rings is 1. The molecule has 1 N–H and O–H groups in total. The van der Waals surface area contributed by atoms with Gasteiger partial charge >= 0.3 is 6.03 Å². The van der Waals surface area contributed by atoms with E-state index in [4.69, 9.17) is 4.74 Å². The smallest absolute Gasteiger partial charge is 0.325 e. The van der Waals surface area contributed by atoms with E-state index in [-0.39, 0.29) is 18.0 Å². The molecule has 0 aliphatic carbocycles. The number of carbonyl (C=O) groups is 2. The van der Waals surface area contributed by atoms with Crippen LogP contribution in [0.5, 0.6) is 5.75 Å². The highest BCUT2D eigenvalue weighted by atomic mass is 16.5. The summed E-state index contributed by atoms with van der Waals surface area (Å²) in [6.07, 6.45) is 0.643.